The van der Waals surface area contributed by atoms with Crippen molar-refractivity contribution in [2.45, 2.75) is 31.7 Å². The van der Waals surface area contributed by atoms with Crippen molar-refractivity contribution in [2.75, 3.05) is 13.2 Å². The molecule has 0 spiro atoms. The van der Waals surface area contributed by atoms with E-state index < -0.39 is 6.36 Å². The highest BCUT2D eigenvalue weighted by atomic mass is 19.4. The van der Waals surface area contributed by atoms with E-state index in [1.54, 1.807) is 23.0 Å². The van der Waals surface area contributed by atoms with Crippen LogP contribution in [-0.2, 0) is 11.3 Å². The predicted octanol–water partition coefficient (Wildman–Crippen LogP) is 3.72. The first-order valence-electron chi connectivity index (χ1n) is 7.44. The molecule has 0 radical (unpaired) electrons. The average molecular weight is 326 g/mol. The molecular weight excluding hydrogens is 309 g/mol. The van der Waals surface area contributed by atoms with Gasteiger partial charge in [0, 0.05) is 30.9 Å². The molecule has 3 rings (SSSR count). The summed E-state index contributed by atoms with van der Waals surface area (Å²) >= 11 is 0. The maximum absolute atomic E-state index is 12.5. The number of rotatable bonds is 4. The van der Waals surface area contributed by atoms with Crippen molar-refractivity contribution in [3.05, 3.63) is 48.0 Å². The highest BCUT2D eigenvalue weighted by molar-refractivity contribution is 5.33. The molecule has 0 bridgehead atoms. The molecule has 2 heterocycles. The summed E-state index contributed by atoms with van der Waals surface area (Å²) in [6.45, 7) is 1.72. The van der Waals surface area contributed by atoms with Crippen LogP contribution in [-0.4, -0.2) is 29.1 Å². The molecule has 0 saturated carbocycles. The molecule has 23 heavy (non-hydrogen) atoms. The largest absolute Gasteiger partial charge is 0.573 e. The Balaban J connectivity index is 1.73. The third-order valence-corrected chi connectivity index (χ3v) is 3.84. The lowest BCUT2D eigenvalue weighted by Gasteiger charge is -2.20. The summed E-state index contributed by atoms with van der Waals surface area (Å²) in [6, 6.07) is 6.15. The lowest BCUT2D eigenvalue weighted by Crippen LogP contribution is -2.18. The van der Waals surface area contributed by atoms with Gasteiger partial charge in [0.2, 0.25) is 0 Å². The minimum atomic E-state index is -4.70. The summed E-state index contributed by atoms with van der Waals surface area (Å²) in [5.74, 6) is 0.174. The Hall–Kier alpha value is -2.02. The van der Waals surface area contributed by atoms with Crippen molar-refractivity contribution in [2.24, 2.45) is 0 Å². The van der Waals surface area contributed by atoms with Gasteiger partial charge in [-0.15, -0.1) is 13.2 Å². The predicted molar refractivity (Wildman–Crippen MR) is 77.2 cm³/mol. The molecule has 2 aromatic rings. The van der Waals surface area contributed by atoms with Crippen molar-refractivity contribution in [3.8, 4) is 5.75 Å². The maximum Gasteiger partial charge on any atom is 0.573 e. The molecule has 124 valence electrons. The van der Waals surface area contributed by atoms with Crippen LogP contribution in [0.1, 0.15) is 30.0 Å². The van der Waals surface area contributed by atoms with Gasteiger partial charge in [0.25, 0.3) is 0 Å². The fourth-order valence-electron chi connectivity index (χ4n) is 2.72. The summed E-state index contributed by atoms with van der Waals surface area (Å²) in [5, 5.41) is 0. The van der Waals surface area contributed by atoms with E-state index in [0.717, 1.165) is 31.7 Å². The first kappa shape index (κ1) is 15.9. The molecule has 1 aliphatic rings. The number of hydrogen-bond donors (Lipinski definition) is 0. The smallest absolute Gasteiger partial charge is 0.405 e. The zero-order chi connectivity index (χ0) is 16.3. The number of halogens is 3. The number of alkyl halides is 3. The Bertz CT molecular complexity index is 649. The molecule has 7 heteroatoms. The fourth-order valence-corrected chi connectivity index (χ4v) is 2.72. The molecule has 0 aliphatic carbocycles. The summed E-state index contributed by atoms with van der Waals surface area (Å²) in [4.78, 5) is 4.38. The average Bonchev–Trinajstić information content (AvgIpc) is 2.97. The lowest BCUT2D eigenvalue weighted by molar-refractivity contribution is -0.274. The summed E-state index contributed by atoms with van der Waals surface area (Å²) in [6.07, 6.45) is 0.684. The zero-order valence-corrected chi connectivity index (χ0v) is 12.4. The number of aromatic nitrogens is 2. The Morgan fingerprint density at radius 2 is 1.96 bits per heavy atom. The minimum Gasteiger partial charge on any atom is -0.405 e. The van der Waals surface area contributed by atoms with Gasteiger partial charge in [0.05, 0.1) is 18.6 Å². The second-order valence-electron chi connectivity index (χ2n) is 5.51. The normalized spacial score (nSPS) is 16.5. The van der Waals surface area contributed by atoms with Crippen LogP contribution in [0, 0.1) is 0 Å². The van der Waals surface area contributed by atoms with Crippen LogP contribution < -0.4 is 4.74 Å². The van der Waals surface area contributed by atoms with Crippen molar-refractivity contribution in [1.82, 2.24) is 9.55 Å². The van der Waals surface area contributed by atoms with Gasteiger partial charge in [-0.1, -0.05) is 18.2 Å². The molecule has 0 atom stereocenters. The number of ether oxygens (including phenoxy) is 2. The van der Waals surface area contributed by atoms with Gasteiger partial charge in [0.1, 0.15) is 5.75 Å². The van der Waals surface area contributed by atoms with Crippen LogP contribution in [0.2, 0.25) is 0 Å². The van der Waals surface area contributed by atoms with Crippen LogP contribution in [0.15, 0.2) is 36.8 Å². The van der Waals surface area contributed by atoms with E-state index in [4.69, 9.17) is 4.74 Å². The lowest BCUT2D eigenvalue weighted by atomic mass is 9.97. The van der Waals surface area contributed by atoms with Crippen molar-refractivity contribution in [3.63, 3.8) is 0 Å². The highest BCUT2D eigenvalue weighted by Crippen LogP contribution is 2.28. The molecule has 1 aromatic carbocycles. The molecular formula is C16H17F3N2O2. The summed E-state index contributed by atoms with van der Waals surface area (Å²) in [7, 11) is 0. The molecule has 1 aliphatic heterocycles. The number of imidazole rings is 1. The van der Waals surface area contributed by atoms with Crippen molar-refractivity contribution < 1.29 is 22.6 Å². The van der Waals surface area contributed by atoms with Gasteiger partial charge in [-0.2, -0.15) is 0 Å². The highest BCUT2D eigenvalue weighted by Gasteiger charge is 2.32. The standard InChI is InChI=1S/C16H17F3N2O2/c17-16(18,19)23-15-4-2-1-3-13(15)9-21-10-14(20-11-21)12-5-7-22-8-6-12/h1-4,10-12H,5-9H2. The van der Waals surface area contributed by atoms with Gasteiger partial charge in [0.15, 0.2) is 0 Å². The van der Waals surface area contributed by atoms with E-state index >= 15 is 0 Å². The molecule has 1 fully saturated rings. The van der Waals surface area contributed by atoms with Crippen molar-refractivity contribution in [1.29, 1.82) is 0 Å². The topological polar surface area (TPSA) is 36.3 Å². The third-order valence-electron chi connectivity index (χ3n) is 3.84. The maximum atomic E-state index is 12.5. The van der Waals surface area contributed by atoms with Crippen LogP contribution in [0.25, 0.3) is 0 Å². The third kappa shape index (κ3) is 4.25. The van der Waals surface area contributed by atoms with Gasteiger partial charge >= 0.3 is 6.36 Å². The van der Waals surface area contributed by atoms with Gasteiger partial charge in [-0.25, -0.2) is 4.98 Å². The molecule has 4 nitrogen and oxygen atoms in total. The SMILES string of the molecule is FC(F)(F)Oc1ccccc1Cn1cnc(C2CCOCC2)c1. The van der Waals surface area contributed by atoms with E-state index in [0.29, 0.717) is 11.5 Å². The quantitative estimate of drug-likeness (QED) is 0.859. The molecule has 0 N–H and O–H groups in total. The van der Waals surface area contributed by atoms with Gasteiger partial charge in [-0.05, 0) is 18.9 Å². The number of para-hydroxylation sites is 1. The zero-order valence-electron chi connectivity index (χ0n) is 12.4. The molecule has 0 unspecified atom stereocenters. The van der Waals surface area contributed by atoms with Crippen LogP contribution in [0.3, 0.4) is 0 Å². The van der Waals surface area contributed by atoms with Crippen LogP contribution >= 0.6 is 0 Å². The van der Waals surface area contributed by atoms with Gasteiger partial charge < -0.3 is 14.0 Å². The van der Waals surface area contributed by atoms with E-state index in [2.05, 4.69) is 9.72 Å². The second-order valence-corrected chi connectivity index (χ2v) is 5.51. The summed E-state index contributed by atoms with van der Waals surface area (Å²) < 4.78 is 48.5. The number of benzene rings is 1. The van der Waals surface area contributed by atoms with Crippen LogP contribution in [0.4, 0.5) is 13.2 Å². The molecule has 1 aromatic heterocycles. The monoisotopic (exact) mass is 326 g/mol. The minimum absolute atomic E-state index is 0.179. The second kappa shape index (κ2) is 6.62. The Labute approximate surface area is 131 Å². The van der Waals surface area contributed by atoms with E-state index in [1.807, 2.05) is 6.20 Å². The van der Waals surface area contributed by atoms with E-state index in [-0.39, 0.29) is 12.3 Å². The van der Waals surface area contributed by atoms with E-state index in [9.17, 15) is 13.2 Å². The Morgan fingerprint density at radius 3 is 2.70 bits per heavy atom. The first-order chi connectivity index (χ1) is 11.0. The van der Waals surface area contributed by atoms with E-state index in [1.165, 1.54) is 12.1 Å². The number of nitrogens with zero attached hydrogens (tertiary/aromatic N) is 2. The fraction of sp³-hybridized carbons (Fsp3) is 0.438. The Kier molecular flexibility index (Phi) is 4.56. The molecule has 0 amide bonds. The summed E-state index contributed by atoms with van der Waals surface area (Å²) in [5.41, 5.74) is 1.42. The van der Waals surface area contributed by atoms with Gasteiger partial charge in [-0.3, -0.25) is 0 Å². The first-order valence-corrected chi connectivity index (χ1v) is 7.44. The Morgan fingerprint density at radius 1 is 1.22 bits per heavy atom. The molecule has 1 saturated heterocycles. The van der Waals surface area contributed by atoms with Crippen molar-refractivity contribution >= 4 is 0 Å². The number of hydrogen-bond acceptors (Lipinski definition) is 3. The van der Waals surface area contributed by atoms with Crippen LogP contribution in [0.5, 0.6) is 5.75 Å².